The number of para-hydroxylation sites is 1. The molecular weight excluding hydrogens is 326 g/mol. The zero-order valence-electron chi connectivity index (χ0n) is 15.8. The molecule has 6 nitrogen and oxygen atoms in total. The lowest BCUT2D eigenvalue weighted by Gasteiger charge is -2.33. The van der Waals surface area contributed by atoms with E-state index in [9.17, 15) is 4.79 Å². The van der Waals surface area contributed by atoms with Crippen molar-refractivity contribution in [2.24, 2.45) is 0 Å². The first kappa shape index (κ1) is 18.3. The van der Waals surface area contributed by atoms with Gasteiger partial charge < -0.3 is 15.1 Å². The van der Waals surface area contributed by atoms with E-state index in [1.165, 1.54) is 0 Å². The number of likely N-dealkylation sites (N-methyl/N-ethyl adjacent to an activating group) is 1. The minimum atomic E-state index is -0.170. The van der Waals surface area contributed by atoms with Crippen molar-refractivity contribution in [1.82, 2.24) is 14.9 Å². The van der Waals surface area contributed by atoms with Crippen LogP contribution in [-0.4, -0.2) is 53.5 Å². The molecule has 1 saturated heterocycles. The Labute approximate surface area is 155 Å². The Balaban J connectivity index is 1.68. The molecule has 1 amide bonds. The molecule has 0 unspecified atom stereocenters. The molecule has 0 atom stereocenters. The van der Waals surface area contributed by atoms with Gasteiger partial charge in [0.15, 0.2) is 0 Å². The number of carbonyl (C=O) groups is 1. The number of nitrogens with zero attached hydrogens (tertiary/aromatic N) is 4. The van der Waals surface area contributed by atoms with Crippen LogP contribution in [0.5, 0.6) is 0 Å². The van der Waals surface area contributed by atoms with Crippen LogP contribution in [0, 0.1) is 6.92 Å². The number of amides is 1. The largest absolute Gasteiger partial charge is 0.338 e. The van der Waals surface area contributed by atoms with Crippen molar-refractivity contribution >= 4 is 17.5 Å². The molecule has 1 aliphatic heterocycles. The molecule has 26 heavy (non-hydrogen) atoms. The Morgan fingerprint density at radius 1 is 1.12 bits per heavy atom. The van der Waals surface area contributed by atoms with Gasteiger partial charge >= 0.3 is 0 Å². The summed E-state index contributed by atoms with van der Waals surface area (Å²) >= 11 is 0. The molecule has 1 N–H and O–H groups in total. The highest BCUT2D eigenvalue weighted by Crippen LogP contribution is 2.22. The number of aromatic nitrogens is 2. The summed E-state index contributed by atoms with van der Waals surface area (Å²) in [5.41, 5.74) is 3.56. The summed E-state index contributed by atoms with van der Waals surface area (Å²) in [6.45, 7) is 11.2. The lowest BCUT2D eigenvalue weighted by Crippen LogP contribution is -2.46. The number of nitrogens with one attached hydrogen (secondary N) is 1. The van der Waals surface area contributed by atoms with E-state index in [1.54, 1.807) is 12.4 Å². The maximum atomic E-state index is 12.6. The third kappa shape index (κ3) is 4.02. The second kappa shape index (κ2) is 8.27. The number of anilines is 2. The zero-order chi connectivity index (χ0) is 18.5. The van der Waals surface area contributed by atoms with Crippen LogP contribution in [0.1, 0.15) is 35.3 Å². The minimum Gasteiger partial charge on any atom is -0.338 e. The van der Waals surface area contributed by atoms with Crippen LogP contribution in [0.3, 0.4) is 0 Å². The summed E-state index contributed by atoms with van der Waals surface area (Å²) in [5, 5.41) is 3.02. The highest BCUT2D eigenvalue weighted by Gasteiger charge is 2.18. The van der Waals surface area contributed by atoms with Crippen molar-refractivity contribution in [1.29, 1.82) is 0 Å². The van der Waals surface area contributed by atoms with Gasteiger partial charge in [0.2, 0.25) is 5.95 Å². The lowest BCUT2D eigenvalue weighted by molar-refractivity contribution is 0.102. The van der Waals surface area contributed by atoms with Gasteiger partial charge in [-0.15, -0.1) is 0 Å². The number of piperazine rings is 1. The summed E-state index contributed by atoms with van der Waals surface area (Å²) in [6.07, 6.45) is 4.11. The maximum absolute atomic E-state index is 12.6. The van der Waals surface area contributed by atoms with Crippen LogP contribution in [0.4, 0.5) is 11.6 Å². The Kier molecular flexibility index (Phi) is 5.83. The van der Waals surface area contributed by atoms with E-state index < -0.39 is 0 Å². The number of carbonyl (C=O) groups excluding carboxylic acids is 1. The van der Waals surface area contributed by atoms with Gasteiger partial charge in [-0.1, -0.05) is 32.0 Å². The van der Waals surface area contributed by atoms with E-state index in [0.717, 1.165) is 56.0 Å². The van der Waals surface area contributed by atoms with E-state index in [0.29, 0.717) is 11.5 Å². The summed E-state index contributed by atoms with van der Waals surface area (Å²) < 4.78 is 0. The van der Waals surface area contributed by atoms with Gasteiger partial charge in [0.05, 0.1) is 5.56 Å². The Hall–Kier alpha value is -2.47. The fraction of sp³-hybridized carbons (Fsp3) is 0.450. The van der Waals surface area contributed by atoms with Gasteiger partial charge in [0.1, 0.15) is 0 Å². The predicted molar refractivity (Wildman–Crippen MR) is 105 cm³/mol. The van der Waals surface area contributed by atoms with Crippen molar-refractivity contribution in [2.75, 3.05) is 42.9 Å². The second-order valence-electron chi connectivity index (χ2n) is 6.61. The molecular formula is C20H27N5O. The van der Waals surface area contributed by atoms with Gasteiger partial charge in [0, 0.05) is 44.3 Å². The van der Waals surface area contributed by atoms with Crippen molar-refractivity contribution in [3.05, 3.63) is 47.3 Å². The second-order valence-corrected chi connectivity index (χ2v) is 6.61. The Morgan fingerprint density at radius 3 is 2.42 bits per heavy atom. The number of rotatable bonds is 5. The van der Waals surface area contributed by atoms with E-state index in [4.69, 9.17) is 0 Å². The molecule has 0 bridgehead atoms. The third-order valence-corrected chi connectivity index (χ3v) is 4.98. The van der Waals surface area contributed by atoms with Crippen molar-refractivity contribution in [3.8, 4) is 0 Å². The number of hydrogen-bond acceptors (Lipinski definition) is 5. The number of benzene rings is 1. The van der Waals surface area contributed by atoms with Gasteiger partial charge in [-0.25, -0.2) is 9.97 Å². The van der Waals surface area contributed by atoms with Gasteiger partial charge in [-0.05, 0) is 31.0 Å². The van der Waals surface area contributed by atoms with Gasteiger partial charge in [0.25, 0.3) is 5.91 Å². The minimum absolute atomic E-state index is 0.170. The average Bonchev–Trinajstić information content (AvgIpc) is 2.69. The van der Waals surface area contributed by atoms with E-state index in [2.05, 4.69) is 38.9 Å². The first-order valence-electron chi connectivity index (χ1n) is 9.31. The summed E-state index contributed by atoms with van der Waals surface area (Å²) in [5.74, 6) is 0.527. The van der Waals surface area contributed by atoms with Crippen LogP contribution in [0.15, 0.2) is 30.6 Å². The molecule has 0 spiro atoms. The average molecular weight is 353 g/mol. The van der Waals surface area contributed by atoms with E-state index >= 15 is 0 Å². The molecule has 2 aromatic rings. The lowest BCUT2D eigenvalue weighted by atomic mass is 10.1. The summed E-state index contributed by atoms with van der Waals surface area (Å²) in [4.78, 5) is 26.0. The monoisotopic (exact) mass is 353 g/mol. The molecule has 0 aliphatic carbocycles. The van der Waals surface area contributed by atoms with Crippen LogP contribution < -0.4 is 10.2 Å². The molecule has 2 heterocycles. The molecule has 138 valence electrons. The first-order valence-corrected chi connectivity index (χ1v) is 9.31. The molecule has 6 heteroatoms. The summed E-state index contributed by atoms with van der Waals surface area (Å²) in [6, 6.07) is 6.06. The van der Waals surface area contributed by atoms with Gasteiger partial charge in [-0.2, -0.15) is 0 Å². The molecule has 0 saturated carbocycles. The highest BCUT2D eigenvalue weighted by molar-refractivity contribution is 6.04. The topological polar surface area (TPSA) is 61.4 Å². The van der Waals surface area contributed by atoms with Crippen molar-refractivity contribution in [2.45, 2.75) is 27.2 Å². The molecule has 0 radical (unpaired) electrons. The van der Waals surface area contributed by atoms with Crippen LogP contribution >= 0.6 is 0 Å². The Bertz CT molecular complexity index is 751. The predicted octanol–water partition coefficient (Wildman–Crippen LogP) is 2.74. The smallest absolute Gasteiger partial charge is 0.258 e. The van der Waals surface area contributed by atoms with Crippen LogP contribution in [0.25, 0.3) is 0 Å². The van der Waals surface area contributed by atoms with Crippen molar-refractivity contribution in [3.63, 3.8) is 0 Å². The first-order chi connectivity index (χ1) is 12.6. The molecule has 1 aromatic heterocycles. The maximum Gasteiger partial charge on any atom is 0.258 e. The fourth-order valence-corrected chi connectivity index (χ4v) is 3.25. The number of aryl methyl sites for hydroxylation is 2. The van der Waals surface area contributed by atoms with Crippen LogP contribution in [-0.2, 0) is 6.42 Å². The third-order valence-electron chi connectivity index (χ3n) is 4.98. The number of hydrogen-bond donors (Lipinski definition) is 1. The molecule has 3 rings (SSSR count). The standard InChI is InChI=1S/C20H27N5O/c1-4-16-8-6-7-15(3)18(16)23-19(26)17-13-21-20(22-14-17)25-11-9-24(5-2)10-12-25/h6-8,13-14H,4-5,9-12H2,1-3H3,(H,23,26). The van der Waals surface area contributed by atoms with Crippen LogP contribution in [0.2, 0.25) is 0 Å². The fourth-order valence-electron chi connectivity index (χ4n) is 3.25. The highest BCUT2D eigenvalue weighted by atomic mass is 16.1. The molecule has 1 aromatic carbocycles. The summed E-state index contributed by atoms with van der Waals surface area (Å²) in [7, 11) is 0. The quantitative estimate of drug-likeness (QED) is 0.896. The SMILES string of the molecule is CCc1cccc(C)c1NC(=O)c1cnc(N2CCN(CC)CC2)nc1. The molecule has 1 aliphatic rings. The Morgan fingerprint density at radius 2 is 1.81 bits per heavy atom. The molecule has 1 fully saturated rings. The van der Waals surface area contributed by atoms with E-state index in [-0.39, 0.29) is 5.91 Å². The van der Waals surface area contributed by atoms with Crippen molar-refractivity contribution < 1.29 is 4.79 Å². The zero-order valence-corrected chi connectivity index (χ0v) is 15.8. The van der Waals surface area contributed by atoms with Gasteiger partial charge in [-0.3, -0.25) is 4.79 Å². The normalized spacial score (nSPS) is 15.1. The van der Waals surface area contributed by atoms with E-state index in [1.807, 2.05) is 25.1 Å².